The fourth-order valence-corrected chi connectivity index (χ4v) is 1.92. The van der Waals surface area contributed by atoms with Crippen molar-refractivity contribution in [1.82, 2.24) is 9.55 Å². The fraction of sp³-hybridized carbons (Fsp3) is 0.273. The van der Waals surface area contributed by atoms with Crippen LogP contribution in [0.15, 0.2) is 27.8 Å². The number of aromatic amines is 1. The summed E-state index contributed by atoms with van der Waals surface area (Å²) in [5.74, 6) is -0.0897. The zero-order valence-corrected chi connectivity index (χ0v) is 8.43. The van der Waals surface area contributed by atoms with E-state index in [0.717, 1.165) is 12.8 Å². The minimum Gasteiger partial charge on any atom is -0.507 e. The van der Waals surface area contributed by atoms with Crippen LogP contribution in [-0.4, -0.2) is 14.7 Å². The van der Waals surface area contributed by atoms with Gasteiger partial charge >= 0.3 is 5.69 Å². The quantitative estimate of drug-likeness (QED) is 0.740. The molecule has 0 amide bonds. The molecule has 0 spiro atoms. The Morgan fingerprint density at radius 2 is 2.06 bits per heavy atom. The minimum atomic E-state index is -0.403. The van der Waals surface area contributed by atoms with Gasteiger partial charge in [0.15, 0.2) is 0 Å². The first kappa shape index (κ1) is 9.21. The van der Waals surface area contributed by atoms with E-state index in [-0.39, 0.29) is 17.2 Å². The maximum atomic E-state index is 12.0. The number of fused-ring (bicyclic) bond motifs is 1. The number of aromatic hydroxyl groups is 1. The SMILES string of the molecule is O=c1[nH]c2cccc(O)c2c(=O)n1C1CC1. The van der Waals surface area contributed by atoms with Gasteiger partial charge in [0.25, 0.3) is 5.56 Å². The van der Waals surface area contributed by atoms with Crippen molar-refractivity contribution in [3.05, 3.63) is 39.0 Å². The van der Waals surface area contributed by atoms with Crippen LogP contribution in [-0.2, 0) is 0 Å². The topological polar surface area (TPSA) is 75.1 Å². The Morgan fingerprint density at radius 1 is 1.31 bits per heavy atom. The first-order valence-electron chi connectivity index (χ1n) is 5.15. The minimum absolute atomic E-state index is 0.000237. The molecule has 0 unspecified atom stereocenters. The zero-order valence-electron chi connectivity index (χ0n) is 8.43. The molecule has 16 heavy (non-hydrogen) atoms. The molecule has 2 N–H and O–H groups in total. The second-order valence-corrected chi connectivity index (χ2v) is 4.04. The lowest BCUT2D eigenvalue weighted by molar-refractivity contribution is 0.480. The number of hydrogen-bond acceptors (Lipinski definition) is 3. The molecule has 1 aromatic heterocycles. The van der Waals surface area contributed by atoms with Crippen LogP contribution in [0.2, 0.25) is 0 Å². The lowest BCUT2D eigenvalue weighted by atomic mass is 10.2. The number of nitrogens with one attached hydrogen (secondary N) is 1. The highest BCUT2D eigenvalue weighted by Gasteiger charge is 2.27. The molecule has 3 rings (SSSR count). The van der Waals surface area contributed by atoms with Gasteiger partial charge in [0.1, 0.15) is 11.1 Å². The Hall–Kier alpha value is -2.04. The Kier molecular flexibility index (Phi) is 1.71. The maximum Gasteiger partial charge on any atom is 0.329 e. The molecule has 1 saturated carbocycles. The first-order chi connectivity index (χ1) is 7.68. The monoisotopic (exact) mass is 218 g/mol. The van der Waals surface area contributed by atoms with Gasteiger partial charge in [-0.15, -0.1) is 0 Å². The summed E-state index contributed by atoms with van der Waals surface area (Å²) in [6.07, 6.45) is 1.70. The maximum absolute atomic E-state index is 12.0. The van der Waals surface area contributed by atoms with Crippen LogP contribution in [0, 0.1) is 0 Å². The highest BCUT2D eigenvalue weighted by atomic mass is 16.3. The van der Waals surface area contributed by atoms with E-state index < -0.39 is 11.2 Å². The molecule has 0 atom stereocenters. The molecular weight excluding hydrogens is 208 g/mol. The average Bonchev–Trinajstić information content (AvgIpc) is 3.01. The largest absolute Gasteiger partial charge is 0.507 e. The summed E-state index contributed by atoms with van der Waals surface area (Å²) in [5, 5.41) is 9.82. The fourth-order valence-electron chi connectivity index (χ4n) is 1.92. The van der Waals surface area contributed by atoms with Crippen molar-refractivity contribution < 1.29 is 5.11 Å². The second kappa shape index (κ2) is 2.98. The number of nitrogens with zero attached hydrogens (tertiary/aromatic N) is 1. The van der Waals surface area contributed by atoms with Crippen LogP contribution in [0.4, 0.5) is 0 Å². The summed E-state index contributed by atoms with van der Waals surface area (Å²) < 4.78 is 1.20. The number of aromatic nitrogens is 2. The molecule has 0 saturated heterocycles. The number of benzene rings is 1. The number of phenolic OH excluding ortho intramolecular Hbond substituents is 1. The number of rotatable bonds is 1. The van der Waals surface area contributed by atoms with Gasteiger partial charge in [-0.3, -0.25) is 9.36 Å². The molecule has 1 aromatic carbocycles. The van der Waals surface area contributed by atoms with Crippen molar-refractivity contribution in [2.24, 2.45) is 0 Å². The van der Waals surface area contributed by atoms with E-state index in [1.54, 1.807) is 12.1 Å². The molecule has 1 aliphatic rings. The van der Waals surface area contributed by atoms with Crippen LogP contribution in [0.1, 0.15) is 18.9 Å². The number of H-pyrrole nitrogens is 1. The summed E-state index contributed by atoms with van der Waals surface area (Å²) in [6, 6.07) is 4.64. The van der Waals surface area contributed by atoms with Crippen LogP contribution < -0.4 is 11.2 Å². The van der Waals surface area contributed by atoms with E-state index in [2.05, 4.69) is 4.98 Å². The average molecular weight is 218 g/mol. The van der Waals surface area contributed by atoms with Gasteiger partial charge in [0, 0.05) is 6.04 Å². The van der Waals surface area contributed by atoms with Crippen molar-refractivity contribution in [1.29, 1.82) is 0 Å². The molecular formula is C11H10N2O3. The smallest absolute Gasteiger partial charge is 0.329 e. The van der Waals surface area contributed by atoms with Crippen molar-refractivity contribution in [3.8, 4) is 5.75 Å². The van der Waals surface area contributed by atoms with Gasteiger partial charge in [0.2, 0.25) is 0 Å². The number of phenols is 1. The van der Waals surface area contributed by atoms with Crippen molar-refractivity contribution in [2.45, 2.75) is 18.9 Å². The highest BCUT2D eigenvalue weighted by molar-refractivity contribution is 5.83. The predicted molar refractivity (Wildman–Crippen MR) is 58.8 cm³/mol. The van der Waals surface area contributed by atoms with Crippen LogP contribution in [0.3, 0.4) is 0 Å². The molecule has 1 heterocycles. The second-order valence-electron chi connectivity index (χ2n) is 4.04. The van der Waals surface area contributed by atoms with E-state index >= 15 is 0 Å². The molecule has 2 aromatic rings. The Morgan fingerprint density at radius 3 is 2.75 bits per heavy atom. The molecule has 82 valence electrons. The number of hydrogen-bond donors (Lipinski definition) is 2. The van der Waals surface area contributed by atoms with Gasteiger partial charge in [0.05, 0.1) is 5.52 Å². The van der Waals surface area contributed by atoms with Gasteiger partial charge in [-0.1, -0.05) is 6.07 Å². The summed E-state index contributed by atoms with van der Waals surface area (Å²) in [6.45, 7) is 0. The van der Waals surface area contributed by atoms with E-state index in [9.17, 15) is 14.7 Å². The van der Waals surface area contributed by atoms with Gasteiger partial charge in [-0.05, 0) is 25.0 Å². The third kappa shape index (κ3) is 1.18. The third-order valence-electron chi connectivity index (χ3n) is 2.85. The summed E-state index contributed by atoms with van der Waals surface area (Å²) >= 11 is 0. The molecule has 0 radical (unpaired) electrons. The Bertz CT molecular complexity index is 680. The van der Waals surface area contributed by atoms with Gasteiger partial charge < -0.3 is 10.1 Å². The van der Waals surface area contributed by atoms with E-state index in [4.69, 9.17) is 0 Å². The summed E-state index contributed by atoms with van der Waals surface area (Å²) in [7, 11) is 0. The molecule has 1 fully saturated rings. The van der Waals surface area contributed by atoms with Crippen LogP contribution in [0.25, 0.3) is 10.9 Å². The Balaban J connectivity index is 2.50. The standard InChI is InChI=1S/C11H10N2O3/c14-8-3-1-2-7-9(8)10(15)13(6-4-5-6)11(16)12-7/h1-3,6,14H,4-5H2,(H,12,16). The normalized spacial score (nSPS) is 15.5. The van der Waals surface area contributed by atoms with Gasteiger partial charge in [-0.25, -0.2) is 4.79 Å². The third-order valence-corrected chi connectivity index (χ3v) is 2.85. The summed E-state index contributed by atoms with van der Waals surface area (Å²) in [4.78, 5) is 26.3. The zero-order chi connectivity index (χ0) is 11.3. The lowest BCUT2D eigenvalue weighted by Crippen LogP contribution is -2.34. The first-order valence-corrected chi connectivity index (χ1v) is 5.15. The molecule has 5 nitrogen and oxygen atoms in total. The van der Waals surface area contributed by atoms with E-state index in [1.807, 2.05) is 0 Å². The molecule has 1 aliphatic carbocycles. The lowest BCUT2D eigenvalue weighted by Gasteiger charge is -2.05. The predicted octanol–water partition coefficient (Wildman–Crippen LogP) is 0.730. The van der Waals surface area contributed by atoms with Crippen molar-refractivity contribution in [2.75, 3.05) is 0 Å². The van der Waals surface area contributed by atoms with Crippen molar-refractivity contribution in [3.63, 3.8) is 0 Å². The highest BCUT2D eigenvalue weighted by Crippen LogP contribution is 2.32. The molecule has 5 heteroatoms. The van der Waals surface area contributed by atoms with E-state index in [0.29, 0.717) is 5.52 Å². The molecule has 0 aliphatic heterocycles. The van der Waals surface area contributed by atoms with Crippen LogP contribution >= 0.6 is 0 Å². The van der Waals surface area contributed by atoms with Gasteiger partial charge in [-0.2, -0.15) is 0 Å². The Labute approximate surface area is 90.0 Å². The molecule has 0 bridgehead atoms. The summed E-state index contributed by atoms with van der Waals surface area (Å²) in [5.41, 5.74) is -0.420. The van der Waals surface area contributed by atoms with Crippen molar-refractivity contribution >= 4 is 10.9 Å². The van der Waals surface area contributed by atoms with E-state index in [1.165, 1.54) is 10.6 Å². The van der Waals surface area contributed by atoms with Crippen LogP contribution in [0.5, 0.6) is 5.75 Å².